The Morgan fingerprint density at radius 2 is 0.664 bits per heavy atom. The van der Waals surface area contributed by atoms with E-state index < -0.39 is 17.3 Å². The Morgan fingerprint density at radius 3 is 0.980 bits per heavy atom. The number of ether oxygens (including phenoxy) is 1. The third-order valence-corrected chi connectivity index (χ3v) is 29.9. The molecule has 27 nitrogen and oxygen atoms in total. The summed E-state index contributed by atoms with van der Waals surface area (Å²) in [7, 11) is 0. The number of rotatable bonds is 24. The van der Waals surface area contributed by atoms with Crippen LogP contribution in [0.1, 0.15) is 167 Å². The fraction of sp³-hybridized carbons (Fsp3) is 0.333. The first-order valence-corrected chi connectivity index (χ1v) is 52.6. The Hall–Kier alpha value is -14.0. The van der Waals surface area contributed by atoms with Gasteiger partial charge in [-0.25, -0.2) is 28.7 Å². The summed E-state index contributed by atoms with van der Waals surface area (Å²) in [6.07, 6.45) is 13.5. The Balaban J connectivity index is 0.000000116. The molecule has 149 heavy (non-hydrogen) atoms. The second-order valence-corrected chi connectivity index (χ2v) is 40.3. The van der Waals surface area contributed by atoms with Crippen LogP contribution in [0.15, 0.2) is 226 Å². The van der Waals surface area contributed by atoms with Crippen molar-refractivity contribution in [2.45, 2.75) is 160 Å². The molecule has 0 radical (unpaired) electrons. The van der Waals surface area contributed by atoms with Gasteiger partial charge in [0.15, 0.2) is 0 Å². The average Bonchev–Trinajstić information content (AvgIpc) is 1.72. The highest BCUT2D eigenvalue weighted by molar-refractivity contribution is 6.34. The molecular weight excluding hydrogens is 1960 g/mol. The molecule has 766 valence electrons. The van der Waals surface area contributed by atoms with Crippen LogP contribution in [-0.2, 0) is 37.1 Å². The number of fused-ring (bicyclic) bond motifs is 4. The number of piperazine rings is 2. The molecule has 24 rings (SSSR count). The molecule has 8 aromatic heterocycles. The topological polar surface area (TPSA) is 303 Å². The number of pyridine rings is 4. The molecule has 0 bridgehead atoms. The summed E-state index contributed by atoms with van der Waals surface area (Å²) in [4.78, 5) is 94.2. The molecule has 4 aliphatic heterocycles. The average molecular weight is 2070 g/mol. The quantitative estimate of drug-likeness (QED) is 0.0261. The van der Waals surface area contributed by atoms with Gasteiger partial charge >= 0.3 is 6.18 Å². The van der Waals surface area contributed by atoms with Gasteiger partial charge in [-0.1, -0.05) is 108 Å². The minimum absolute atomic E-state index is 0.0566. The number of aryl methyl sites for hydroxylation is 4. The van der Waals surface area contributed by atoms with Crippen molar-refractivity contribution in [3.63, 3.8) is 0 Å². The zero-order valence-electron chi connectivity index (χ0n) is 83.0. The fourth-order valence-corrected chi connectivity index (χ4v) is 21.2. The minimum Gasteiger partial charge on any atom is -0.371 e. The summed E-state index contributed by atoms with van der Waals surface area (Å²) in [5.41, 5.74) is 14.6. The van der Waals surface area contributed by atoms with Crippen molar-refractivity contribution < 1.29 is 26.7 Å². The number of hydrogen-bond acceptors (Lipinski definition) is 23. The van der Waals surface area contributed by atoms with Crippen molar-refractivity contribution in [3.8, 4) is 44.5 Å². The van der Waals surface area contributed by atoms with E-state index >= 15 is 0 Å². The number of halogens is 8. The van der Waals surface area contributed by atoms with Gasteiger partial charge in [0.1, 0.15) is 34.2 Å². The summed E-state index contributed by atoms with van der Waals surface area (Å²) in [6, 6.07) is 55.7. The smallest absolute Gasteiger partial charge is 0.371 e. The van der Waals surface area contributed by atoms with Crippen molar-refractivity contribution in [1.29, 1.82) is 0 Å². The molecule has 8 N–H and O–H groups in total. The van der Waals surface area contributed by atoms with Gasteiger partial charge in [0.05, 0.1) is 29.6 Å². The minimum atomic E-state index is -4.61. The fourth-order valence-electron chi connectivity index (χ4n) is 20.3. The van der Waals surface area contributed by atoms with Crippen LogP contribution < -0.4 is 74.6 Å². The van der Waals surface area contributed by atoms with Crippen LogP contribution in [-0.4, -0.2) is 143 Å². The van der Waals surface area contributed by atoms with Gasteiger partial charge in [-0.15, -0.1) is 0 Å². The van der Waals surface area contributed by atoms with Gasteiger partial charge in [0.25, 0.3) is 22.2 Å². The van der Waals surface area contributed by atoms with Crippen LogP contribution in [0.4, 0.5) is 79.9 Å². The van der Waals surface area contributed by atoms with Gasteiger partial charge in [-0.2, -0.15) is 33.1 Å². The number of benzene rings is 8. The molecule has 8 aromatic carbocycles. The zero-order valence-corrected chi connectivity index (χ0v) is 85.3. The number of hydrogen-bond donors (Lipinski definition) is 8. The molecular formula is C114H114Cl3F5N22O5. The summed E-state index contributed by atoms with van der Waals surface area (Å²) in [5.74, 6) is 3.17. The van der Waals surface area contributed by atoms with Crippen LogP contribution in [0, 0.1) is 11.6 Å². The van der Waals surface area contributed by atoms with Crippen molar-refractivity contribution >= 4 is 137 Å². The second-order valence-electron chi connectivity index (χ2n) is 39.1. The van der Waals surface area contributed by atoms with E-state index in [1.807, 2.05) is 109 Å². The molecule has 2 atom stereocenters. The first-order valence-electron chi connectivity index (χ1n) is 51.5. The third-order valence-electron chi connectivity index (χ3n) is 29.0. The van der Waals surface area contributed by atoms with Crippen LogP contribution in [0.25, 0.3) is 88.6 Å². The van der Waals surface area contributed by atoms with E-state index in [0.29, 0.717) is 169 Å². The molecule has 4 saturated heterocycles. The highest BCUT2D eigenvalue weighted by atomic mass is 35.5. The number of nitrogens with zero attached hydrogens (tertiary/aromatic N) is 14. The van der Waals surface area contributed by atoms with Gasteiger partial charge < -0.3 is 57.1 Å². The molecule has 16 aromatic rings. The van der Waals surface area contributed by atoms with Gasteiger partial charge in [0.2, 0.25) is 23.8 Å². The summed E-state index contributed by atoms with van der Waals surface area (Å²) >= 11 is 19.9. The van der Waals surface area contributed by atoms with Crippen molar-refractivity contribution in [3.05, 3.63) is 314 Å². The number of alkyl halides is 3. The summed E-state index contributed by atoms with van der Waals surface area (Å²) in [6.45, 7) is 19.9. The van der Waals surface area contributed by atoms with Gasteiger partial charge in [-0.3, -0.25) is 37.4 Å². The number of morpholine rings is 1. The molecule has 4 aliphatic carbocycles. The molecule has 35 heteroatoms. The Kier molecular flexibility index (Phi) is 29.8. The predicted molar refractivity (Wildman–Crippen MR) is 583 cm³/mol. The maximum Gasteiger partial charge on any atom is 0.417 e. The van der Waals surface area contributed by atoms with Crippen molar-refractivity contribution in [2.75, 3.05) is 116 Å². The summed E-state index contributed by atoms with van der Waals surface area (Å²) in [5, 5.41) is 30.5. The van der Waals surface area contributed by atoms with Crippen LogP contribution in [0.5, 0.6) is 0 Å². The van der Waals surface area contributed by atoms with Crippen molar-refractivity contribution in [1.82, 2.24) is 79.4 Å². The van der Waals surface area contributed by atoms with E-state index in [9.17, 15) is 41.1 Å². The zero-order chi connectivity index (χ0) is 103. The Labute approximate surface area is 872 Å². The van der Waals surface area contributed by atoms with E-state index in [-0.39, 0.29) is 69.6 Å². The highest BCUT2D eigenvalue weighted by Crippen LogP contribution is 2.48. The van der Waals surface area contributed by atoms with Gasteiger partial charge in [0, 0.05) is 221 Å². The van der Waals surface area contributed by atoms with E-state index in [0.717, 1.165) is 123 Å². The maximum absolute atomic E-state index is 14.9. The van der Waals surface area contributed by atoms with Gasteiger partial charge in [-0.05, 0) is 276 Å². The Bertz CT molecular complexity index is 7770. The number of anilines is 10. The monoisotopic (exact) mass is 2070 g/mol. The van der Waals surface area contributed by atoms with Crippen LogP contribution in [0.2, 0.25) is 15.1 Å². The maximum atomic E-state index is 14.9. The van der Waals surface area contributed by atoms with E-state index in [2.05, 4.69) is 115 Å². The van der Waals surface area contributed by atoms with Crippen molar-refractivity contribution in [2.24, 2.45) is 0 Å². The molecule has 8 fully saturated rings. The van der Waals surface area contributed by atoms with E-state index in [1.54, 1.807) is 69.5 Å². The molecule has 2 unspecified atom stereocenters. The lowest BCUT2D eigenvalue weighted by Gasteiger charge is -2.29. The molecule has 4 saturated carbocycles. The van der Waals surface area contributed by atoms with Crippen LogP contribution >= 0.6 is 34.8 Å². The predicted octanol–water partition coefficient (Wildman–Crippen LogP) is 22.6. The third kappa shape index (κ3) is 22.5. The Morgan fingerprint density at radius 1 is 0.342 bits per heavy atom. The first-order chi connectivity index (χ1) is 72.4. The largest absolute Gasteiger partial charge is 0.417 e. The highest BCUT2D eigenvalue weighted by Gasteiger charge is 2.38. The number of aromatic nitrogens is 12. The normalized spacial score (nSPS) is 16.9. The lowest BCUT2D eigenvalue weighted by Crippen LogP contribution is -2.43. The lowest BCUT2D eigenvalue weighted by atomic mass is 9.92. The first kappa shape index (κ1) is 101. The SMILES string of the molecule is CCn1c(=O)c(-c2ccc(C3CC3)cc2C(F)(F)F)cc2cnc(Nc3ccc(N4CCNCC4)c(F)c3)nc21.CCn1c(=O)c(-c2ccc(C3CC3)cc2Cl)cc2cnc(Nc3ccc(C4CCCNC4)cc3)nc21.CCn1c(=O)c(-c2ccc(C3CC3)cc2Cl)cc2cnc(Nc3ccc(C4CNCCO4)cc3)nc21.CCn1c(=O)c(-c2ccc(C3CC3)cc2Cl)cc2cnc(Nc3ccc(N4CCNCC4)c(F)c3)nc21. The molecule has 0 amide bonds. The standard InChI is InChI=1S/C29H30ClN5O.C29H28F4N6O.C28H28ClFN6O.C28H28ClN5O2/c1-2-35-27-22(14-25(28(35)36)24-12-9-20(15-26(24)30)18-5-6-18)17-32-29(34-27)33-23-10-7-19(8-11-23)21-4-3-13-31-16-21;1-2-39-26-19(13-22(27(39)40)21-7-5-18(17-3-4-17)14-23(21)29(31,32)33)16-35-28(37-26)36-20-6-8-25(24(30)15-20)38-11-9-34-10-12-38;1-2-36-26-19(13-22(27(36)37)21-7-5-18(14-23(21)29)17-3-4-17)16-32-28(34-26)33-20-6-8-25(24(30)15-20)35-11-9-31-10-12-35;1-2-34-26-20(13-23(27(34)35)22-10-7-19(14-24(22)29)17-3-4-17)15-31-28(33-26)32-21-8-5-18(6-9-21)25-16-30-11-12-36-25/h7-12,14-15,17-18,21,31H,2-6,13,16H2,1H3,(H,32,33,34);5-8,13-17,34H,2-4,9-12H2,1H3,(H,35,36,37);5-8,13-17,31H,2-4,9-12H2,1H3,(H,32,33,34);5-10,13-15,17,25,30H,2-4,11-12,16H2,1H3,(H,31,32,33). The van der Waals surface area contributed by atoms with E-state index in [4.69, 9.17) is 49.5 Å². The number of piperidine rings is 1. The number of nitrogens with one attached hydrogen (secondary N) is 8. The summed E-state index contributed by atoms with van der Waals surface area (Å²) < 4.78 is 84.1. The molecule has 12 heterocycles. The molecule has 0 spiro atoms. The molecule has 8 aliphatic rings. The second kappa shape index (κ2) is 44.1. The lowest BCUT2D eigenvalue weighted by molar-refractivity contribution is -0.137. The van der Waals surface area contributed by atoms with Crippen LogP contribution in [0.3, 0.4) is 0 Å². The van der Waals surface area contributed by atoms with E-state index in [1.165, 1.54) is 115 Å².